The second kappa shape index (κ2) is 5.70. The lowest BCUT2D eigenvalue weighted by molar-refractivity contribution is 0.0692. The molecule has 0 bridgehead atoms. The lowest BCUT2D eigenvalue weighted by atomic mass is 10.2. The molecule has 0 aliphatic carbocycles. The highest BCUT2D eigenvalue weighted by atomic mass is 32.2. The van der Waals surface area contributed by atoms with E-state index in [0.717, 1.165) is 12.2 Å². The number of nitrogens with zero attached hydrogens (tertiary/aromatic N) is 2. The molecule has 0 saturated heterocycles. The maximum absolute atomic E-state index is 10.9. The summed E-state index contributed by atoms with van der Waals surface area (Å²) in [5, 5.41) is 16.9. The molecular weight excluding hydrogens is 212 g/mol. The Balaban J connectivity index is 2.72. The normalized spacial score (nSPS) is 12.4. The molecule has 0 spiro atoms. The smallest absolute Gasteiger partial charge is 0.338 e. The lowest BCUT2D eigenvalue weighted by Crippen LogP contribution is -2.04. The molecular formula is C10H14N2O2S. The molecule has 1 heterocycles. The third kappa shape index (κ3) is 3.51. The van der Waals surface area contributed by atoms with Crippen molar-refractivity contribution in [3.05, 3.63) is 17.8 Å². The molecule has 5 heteroatoms. The van der Waals surface area contributed by atoms with Crippen LogP contribution in [0.3, 0.4) is 0 Å². The van der Waals surface area contributed by atoms with Gasteiger partial charge in [0.2, 0.25) is 0 Å². The molecule has 0 amide bonds. The predicted molar refractivity (Wildman–Crippen MR) is 59.2 cm³/mol. The third-order valence-electron chi connectivity index (χ3n) is 2.12. The van der Waals surface area contributed by atoms with Crippen molar-refractivity contribution < 1.29 is 9.90 Å². The molecule has 1 N–H and O–H groups in total. The zero-order valence-corrected chi connectivity index (χ0v) is 9.62. The first-order valence-electron chi connectivity index (χ1n) is 4.83. The number of aromatic nitrogens is 2. The minimum atomic E-state index is -0.948. The Labute approximate surface area is 93.1 Å². The van der Waals surface area contributed by atoms with Crippen LogP contribution in [0.25, 0.3) is 0 Å². The monoisotopic (exact) mass is 226 g/mol. The summed E-state index contributed by atoms with van der Waals surface area (Å²) >= 11 is 1.45. The standard InChI is InChI=1S/C10H14N2O2S/c1-3-7(2)6-15-9-8(10(13)14)4-5-11-12-9/h4-5,7H,3,6H2,1-2H3,(H,13,14). The van der Waals surface area contributed by atoms with Crippen LogP contribution in [0.2, 0.25) is 0 Å². The van der Waals surface area contributed by atoms with E-state index < -0.39 is 5.97 Å². The predicted octanol–water partition coefficient (Wildman–Crippen LogP) is 2.31. The van der Waals surface area contributed by atoms with Crippen LogP contribution in [0, 0.1) is 5.92 Å². The highest BCUT2D eigenvalue weighted by Crippen LogP contribution is 2.22. The molecule has 0 fully saturated rings. The molecule has 1 unspecified atom stereocenters. The summed E-state index contributed by atoms with van der Waals surface area (Å²) in [5.41, 5.74) is 0.235. The molecule has 0 aliphatic heterocycles. The van der Waals surface area contributed by atoms with Gasteiger partial charge in [-0.1, -0.05) is 20.3 Å². The molecule has 4 nitrogen and oxygen atoms in total. The Morgan fingerprint density at radius 2 is 2.40 bits per heavy atom. The highest BCUT2D eigenvalue weighted by molar-refractivity contribution is 7.99. The van der Waals surface area contributed by atoms with Gasteiger partial charge >= 0.3 is 5.97 Å². The molecule has 0 aromatic carbocycles. The van der Waals surface area contributed by atoms with Crippen molar-refractivity contribution in [3.63, 3.8) is 0 Å². The van der Waals surface area contributed by atoms with Gasteiger partial charge in [0, 0.05) is 5.75 Å². The van der Waals surface area contributed by atoms with Crippen molar-refractivity contribution in [2.24, 2.45) is 5.92 Å². The average molecular weight is 226 g/mol. The maximum Gasteiger partial charge on any atom is 0.338 e. The number of carboxylic acids is 1. The van der Waals surface area contributed by atoms with Crippen molar-refractivity contribution in [1.82, 2.24) is 10.2 Å². The first-order chi connectivity index (χ1) is 7.15. The number of hydrogen-bond acceptors (Lipinski definition) is 4. The van der Waals surface area contributed by atoms with Crippen LogP contribution in [-0.2, 0) is 0 Å². The summed E-state index contributed by atoms with van der Waals surface area (Å²) in [6.07, 6.45) is 2.48. The van der Waals surface area contributed by atoms with Gasteiger partial charge in [0.15, 0.2) is 0 Å². The van der Waals surface area contributed by atoms with Crippen LogP contribution < -0.4 is 0 Å². The van der Waals surface area contributed by atoms with E-state index in [1.807, 2.05) is 0 Å². The van der Waals surface area contributed by atoms with Crippen molar-refractivity contribution in [3.8, 4) is 0 Å². The summed E-state index contributed by atoms with van der Waals surface area (Å²) in [6, 6.07) is 1.48. The number of thioether (sulfide) groups is 1. The zero-order chi connectivity index (χ0) is 11.3. The first-order valence-corrected chi connectivity index (χ1v) is 5.81. The van der Waals surface area contributed by atoms with Crippen molar-refractivity contribution in [2.45, 2.75) is 25.3 Å². The minimum absolute atomic E-state index is 0.235. The number of hydrogen-bond donors (Lipinski definition) is 1. The molecule has 1 rings (SSSR count). The summed E-state index contributed by atoms with van der Waals surface area (Å²) < 4.78 is 0. The summed E-state index contributed by atoms with van der Waals surface area (Å²) in [5.74, 6) is 0.477. The van der Waals surface area contributed by atoms with E-state index in [1.165, 1.54) is 24.0 Å². The van der Waals surface area contributed by atoms with Gasteiger partial charge in [-0.05, 0) is 12.0 Å². The second-order valence-corrected chi connectivity index (χ2v) is 4.39. The van der Waals surface area contributed by atoms with Crippen LogP contribution in [-0.4, -0.2) is 27.0 Å². The maximum atomic E-state index is 10.9. The molecule has 1 atom stereocenters. The van der Waals surface area contributed by atoms with Gasteiger partial charge in [-0.25, -0.2) is 4.79 Å². The topological polar surface area (TPSA) is 63.1 Å². The Kier molecular flexibility index (Phi) is 4.55. The van der Waals surface area contributed by atoms with Crippen LogP contribution >= 0.6 is 11.8 Å². The molecule has 82 valence electrons. The summed E-state index contributed by atoms with van der Waals surface area (Å²) in [4.78, 5) is 10.9. The van der Waals surface area contributed by atoms with Gasteiger partial charge in [0.25, 0.3) is 0 Å². The number of aromatic carboxylic acids is 1. The summed E-state index contributed by atoms with van der Waals surface area (Å²) in [6.45, 7) is 4.24. The summed E-state index contributed by atoms with van der Waals surface area (Å²) in [7, 11) is 0. The third-order valence-corrected chi connectivity index (χ3v) is 3.43. The van der Waals surface area contributed by atoms with Crippen molar-refractivity contribution in [1.29, 1.82) is 0 Å². The number of rotatable bonds is 5. The van der Waals surface area contributed by atoms with Crippen molar-refractivity contribution in [2.75, 3.05) is 5.75 Å². The van der Waals surface area contributed by atoms with Crippen LogP contribution in [0.5, 0.6) is 0 Å². The molecule has 0 aliphatic rings. The number of carbonyl (C=O) groups is 1. The Hall–Kier alpha value is -1.10. The van der Waals surface area contributed by atoms with E-state index in [9.17, 15) is 4.79 Å². The van der Waals surface area contributed by atoms with Crippen LogP contribution in [0.1, 0.15) is 30.6 Å². The van der Waals surface area contributed by atoms with E-state index in [-0.39, 0.29) is 5.56 Å². The fourth-order valence-electron chi connectivity index (χ4n) is 0.927. The largest absolute Gasteiger partial charge is 0.478 e. The Bertz CT molecular complexity index is 344. The van der Waals surface area contributed by atoms with Gasteiger partial charge in [0.1, 0.15) is 5.03 Å². The van der Waals surface area contributed by atoms with E-state index in [2.05, 4.69) is 24.0 Å². The average Bonchev–Trinajstić information content (AvgIpc) is 2.26. The minimum Gasteiger partial charge on any atom is -0.478 e. The lowest BCUT2D eigenvalue weighted by Gasteiger charge is -2.07. The fourth-order valence-corrected chi connectivity index (χ4v) is 2.02. The number of carboxylic acid groups (broad SMARTS) is 1. The van der Waals surface area contributed by atoms with E-state index in [1.54, 1.807) is 0 Å². The van der Waals surface area contributed by atoms with Gasteiger partial charge in [0.05, 0.1) is 11.8 Å². The zero-order valence-electron chi connectivity index (χ0n) is 8.80. The Morgan fingerprint density at radius 1 is 1.67 bits per heavy atom. The fraction of sp³-hybridized carbons (Fsp3) is 0.500. The first kappa shape index (κ1) is 12.0. The van der Waals surface area contributed by atoms with Crippen molar-refractivity contribution >= 4 is 17.7 Å². The van der Waals surface area contributed by atoms with Crippen LogP contribution in [0.4, 0.5) is 0 Å². The molecule has 0 saturated carbocycles. The van der Waals surface area contributed by atoms with Gasteiger partial charge in [-0.3, -0.25) is 0 Å². The quantitative estimate of drug-likeness (QED) is 0.780. The molecule has 1 aromatic heterocycles. The van der Waals surface area contributed by atoms with E-state index >= 15 is 0 Å². The Morgan fingerprint density at radius 3 is 3.00 bits per heavy atom. The van der Waals surface area contributed by atoms with Gasteiger partial charge in [-0.15, -0.1) is 16.9 Å². The highest BCUT2D eigenvalue weighted by Gasteiger charge is 2.12. The SMILES string of the molecule is CCC(C)CSc1nnccc1C(=O)O. The second-order valence-electron chi connectivity index (χ2n) is 3.38. The molecule has 0 radical (unpaired) electrons. The molecule has 15 heavy (non-hydrogen) atoms. The van der Waals surface area contributed by atoms with Gasteiger partial charge < -0.3 is 5.11 Å². The van der Waals surface area contributed by atoms with Gasteiger partial charge in [-0.2, -0.15) is 5.10 Å². The van der Waals surface area contributed by atoms with E-state index in [0.29, 0.717) is 10.9 Å². The molecule has 1 aromatic rings. The van der Waals surface area contributed by atoms with E-state index in [4.69, 9.17) is 5.11 Å². The van der Waals surface area contributed by atoms with Crippen LogP contribution in [0.15, 0.2) is 17.3 Å².